The van der Waals surface area contributed by atoms with Gasteiger partial charge in [-0.05, 0) is 37.0 Å². The molecule has 0 spiro atoms. The fourth-order valence-electron chi connectivity index (χ4n) is 3.75. The first-order chi connectivity index (χ1) is 11.6. The smallest absolute Gasteiger partial charge is 0.237 e. The van der Waals surface area contributed by atoms with Crippen molar-refractivity contribution in [1.29, 1.82) is 0 Å². The van der Waals surface area contributed by atoms with Gasteiger partial charge in [0.1, 0.15) is 5.82 Å². The van der Waals surface area contributed by atoms with Gasteiger partial charge < -0.3 is 10.4 Å². The van der Waals surface area contributed by atoms with Crippen LogP contribution in [0, 0.1) is 5.82 Å². The van der Waals surface area contributed by atoms with E-state index in [9.17, 15) is 14.3 Å². The number of carbonyl (C=O) groups excluding carboxylic acids is 1. The van der Waals surface area contributed by atoms with Crippen molar-refractivity contribution in [2.24, 2.45) is 0 Å². The highest BCUT2D eigenvalue weighted by Crippen LogP contribution is 2.28. The molecule has 2 saturated heterocycles. The van der Waals surface area contributed by atoms with E-state index < -0.39 is 6.10 Å². The lowest BCUT2D eigenvalue weighted by Gasteiger charge is -2.45. The first-order valence-corrected chi connectivity index (χ1v) is 8.79. The number of β-amino-alcohol motifs (C(OH)–C–C–N with tert-alkyl or cyclic N) is 1. The summed E-state index contributed by atoms with van der Waals surface area (Å²) in [5, 5.41) is 13.1. The first-order valence-electron chi connectivity index (χ1n) is 8.79. The Hall–Kier alpha value is -1.50. The third kappa shape index (κ3) is 3.45. The molecule has 24 heavy (non-hydrogen) atoms. The highest BCUT2D eigenvalue weighted by molar-refractivity contribution is 5.82. The molecule has 0 aromatic heterocycles. The molecule has 4 rings (SSSR count). The second kappa shape index (κ2) is 6.43. The molecule has 6 heteroatoms. The van der Waals surface area contributed by atoms with Gasteiger partial charge in [0.25, 0.3) is 0 Å². The SMILES string of the molecule is O=C(NC1CC1)[C@@H]1C[C@@H](O)CN1C1CN(Cc2ccc(F)cc2)C1. The van der Waals surface area contributed by atoms with Gasteiger partial charge in [-0.1, -0.05) is 12.1 Å². The van der Waals surface area contributed by atoms with Crippen molar-refractivity contribution in [2.45, 2.75) is 50.0 Å². The van der Waals surface area contributed by atoms with Crippen LogP contribution in [0.3, 0.4) is 0 Å². The number of nitrogens with one attached hydrogen (secondary N) is 1. The summed E-state index contributed by atoms with van der Waals surface area (Å²) in [6.45, 7) is 3.15. The summed E-state index contributed by atoms with van der Waals surface area (Å²) in [5.74, 6) is -0.137. The Balaban J connectivity index is 1.31. The van der Waals surface area contributed by atoms with Crippen molar-refractivity contribution in [3.63, 3.8) is 0 Å². The standard InChI is InChI=1S/C18H24FN3O2/c19-13-3-1-12(2-4-13)8-21-9-15(10-21)22-11-16(23)7-17(22)18(24)20-14-5-6-14/h1-4,14-17,23H,5-11H2,(H,20,24)/t16-,17+/m1/s1. The van der Waals surface area contributed by atoms with Gasteiger partial charge in [-0.3, -0.25) is 14.6 Å². The Kier molecular flexibility index (Phi) is 4.28. The summed E-state index contributed by atoms with van der Waals surface area (Å²) in [6, 6.07) is 7.08. The van der Waals surface area contributed by atoms with Crippen molar-refractivity contribution in [3.8, 4) is 0 Å². The molecule has 1 aromatic carbocycles. The Bertz CT molecular complexity index is 599. The third-order valence-electron chi connectivity index (χ3n) is 5.27. The van der Waals surface area contributed by atoms with Gasteiger partial charge in [0.2, 0.25) is 5.91 Å². The number of nitrogens with zero attached hydrogens (tertiary/aromatic N) is 2. The van der Waals surface area contributed by atoms with Crippen molar-refractivity contribution in [2.75, 3.05) is 19.6 Å². The van der Waals surface area contributed by atoms with E-state index in [1.807, 2.05) is 12.1 Å². The number of amides is 1. The molecule has 3 aliphatic rings. The van der Waals surface area contributed by atoms with E-state index >= 15 is 0 Å². The average Bonchev–Trinajstić information content (AvgIpc) is 3.24. The zero-order chi connectivity index (χ0) is 16.7. The molecule has 5 nitrogen and oxygen atoms in total. The van der Waals surface area contributed by atoms with Crippen LogP contribution in [0.15, 0.2) is 24.3 Å². The maximum Gasteiger partial charge on any atom is 0.237 e. The Labute approximate surface area is 141 Å². The third-order valence-corrected chi connectivity index (χ3v) is 5.27. The molecule has 1 aliphatic carbocycles. The van der Waals surface area contributed by atoms with Crippen LogP contribution in [0.1, 0.15) is 24.8 Å². The van der Waals surface area contributed by atoms with Crippen molar-refractivity contribution >= 4 is 5.91 Å². The minimum atomic E-state index is -0.411. The molecule has 130 valence electrons. The van der Waals surface area contributed by atoms with Crippen LogP contribution in [0.5, 0.6) is 0 Å². The van der Waals surface area contributed by atoms with Crippen molar-refractivity contribution < 1.29 is 14.3 Å². The maximum absolute atomic E-state index is 13.0. The van der Waals surface area contributed by atoms with E-state index in [1.165, 1.54) is 12.1 Å². The molecule has 2 heterocycles. The summed E-state index contributed by atoms with van der Waals surface area (Å²) < 4.78 is 13.0. The van der Waals surface area contributed by atoms with Crippen LogP contribution in [0.25, 0.3) is 0 Å². The minimum Gasteiger partial charge on any atom is -0.392 e. The monoisotopic (exact) mass is 333 g/mol. The van der Waals surface area contributed by atoms with Crippen LogP contribution in [0.4, 0.5) is 4.39 Å². The van der Waals surface area contributed by atoms with E-state index in [0.29, 0.717) is 25.0 Å². The number of carbonyl (C=O) groups is 1. The quantitative estimate of drug-likeness (QED) is 0.834. The van der Waals surface area contributed by atoms with Crippen molar-refractivity contribution in [3.05, 3.63) is 35.6 Å². The van der Waals surface area contributed by atoms with Crippen LogP contribution in [-0.4, -0.2) is 64.7 Å². The van der Waals surface area contributed by atoms with Crippen molar-refractivity contribution in [1.82, 2.24) is 15.1 Å². The molecule has 0 bridgehead atoms. The summed E-state index contributed by atoms with van der Waals surface area (Å²) in [6.07, 6.45) is 2.28. The van der Waals surface area contributed by atoms with E-state index in [0.717, 1.165) is 38.0 Å². The summed E-state index contributed by atoms with van der Waals surface area (Å²) in [4.78, 5) is 16.8. The molecule has 0 unspecified atom stereocenters. The molecular formula is C18H24FN3O2. The van der Waals surface area contributed by atoms with Gasteiger partial charge >= 0.3 is 0 Å². The molecule has 1 saturated carbocycles. The number of aliphatic hydroxyl groups excluding tert-OH is 1. The van der Waals surface area contributed by atoms with Crippen LogP contribution < -0.4 is 5.32 Å². The second-order valence-corrected chi connectivity index (χ2v) is 7.36. The highest BCUT2D eigenvalue weighted by atomic mass is 19.1. The van der Waals surface area contributed by atoms with Crippen LogP contribution >= 0.6 is 0 Å². The van der Waals surface area contributed by atoms with E-state index in [4.69, 9.17) is 0 Å². The van der Waals surface area contributed by atoms with Crippen LogP contribution in [0.2, 0.25) is 0 Å². The molecule has 1 amide bonds. The summed E-state index contributed by atoms with van der Waals surface area (Å²) in [7, 11) is 0. The minimum absolute atomic E-state index is 0.0750. The Morgan fingerprint density at radius 2 is 1.92 bits per heavy atom. The summed E-state index contributed by atoms with van der Waals surface area (Å²) >= 11 is 0. The van der Waals surface area contributed by atoms with E-state index in [1.54, 1.807) is 0 Å². The normalized spacial score (nSPS) is 28.8. The molecule has 3 fully saturated rings. The molecule has 2 aliphatic heterocycles. The number of rotatable bonds is 5. The first kappa shape index (κ1) is 16.0. The number of aliphatic hydroxyl groups is 1. The number of hydrogen-bond acceptors (Lipinski definition) is 4. The number of likely N-dealkylation sites (tertiary alicyclic amines) is 2. The summed E-state index contributed by atoms with van der Waals surface area (Å²) in [5.41, 5.74) is 1.10. The Morgan fingerprint density at radius 1 is 1.21 bits per heavy atom. The van der Waals surface area contributed by atoms with Gasteiger partial charge in [-0.25, -0.2) is 4.39 Å². The number of hydrogen-bond donors (Lipinski definition) is 2. The van der Waals surface area contributed by atoms with Gasteiger partial charge in [0.15, 0.2) is 0 Å². The van der Waals surface area contributed by atoms with Gasteiger partial charge in [-0.2, -0.15) is 0 Å². The number of benzene rings is 1. The second-order valence-electron chi connectivity index (χ2n) is 7.36. The lowest BCUT2D eigenvalue weighted by Crippen LogP contribution is -2.62. The van der Waals surface area contributed by atoms with Crippen LogP contribution in [-0.2, 0) is 11.3 Å². The van der Waals surface area contributed by atoms with Gasteiger partial charge in [-0.15, -0.1) is 0 Å². The fourth-order valence-corrected chi connectivity index (χ4v) is 3.75. The molecule has 2 atom stereocenters. The molecule has 0 radical (unpaired) electrons. The van der Waals surface area contributed by atoms with E-state index in [-0.39, 0.29) is 17.8 Å². The highest BCUT2D eigenvalue weighted by Gasteiger charge is 2.44. The van der Waals surface area contributed by atoms with Gasteiger partial charge in [0, 0.05) is 38.3 Å². The van der Waals surface area contributed by atoms with Gasteiger partial charge in [0.05, 0.1) is 12.1 Å². The molecular weight excluding hydrogens is 309 g/mol. The average molecular weight is 333 g/mol. The predicted molar refractivity (Wildman–Crippen MR) is 87.7 cm³/mol. The Morgan fingerprint density at radius 3 is 2.58 bits per heavy atom. The topological polar surface area (TPSA) is 55.8 Å². The number of halogens is 1. The fraction of sp³-hybridized carbons (Fsp3) is 0.611. The molecule has 2 N–H and O–H groups in total. The van der Waals surface area contributed by atoms with E-state index in [2.05, 4.69) is 15.1 Å². The lowest BCUT2D eigenvalue weighted by atomic mass is 10.0. The maximum atomic E-state index is 13.0. The zero-order valence-electron chi connectivity index (χ0n) is 13.7. The zero-order valence-corrected chi connectivity index (χ0v) is 13.7. The largest absolute Gasteiger partial charge is 0.392 e. The lowest BCUT2D eigenvalue weighted by molar-refractivity contribution is -0.127. The predicted octanol–water partition coefficient (Wildman–Crippen LogP) is 0.724. The molecule has 1 aromatic rings.